The lowest BCUT2D eigenvalue weighted by atomic mass is 9.90. The highest BCUT2D eigenvalue weighted by Gasteiger charge is 2.33. The van der Waals surface area contributed by atoms with E-state index in [9.17, 15) is 9.50 Å². The Bertz CT molecular complexity index is 730. The first kappa shape index (κ1) is 15.6. The second-order valence-electron chi connectivity index (χ2n) is 5.54. The zero-order valence-corrected chi connectivity index (χ0v) is 13.5. The number of hydrogen-bond acceptors (Lipinski definition) is 5. The fourth-order valence-electron chi connectivity index (χ4n) is 2.82. The largest absolute Gasteiger partial charge is 0.388 e. The molecule has 2 aromatic heterocycles. The predicted octanol–water partition coefficient (Wildman–Crippen LogP) is 3.21. The molecule has 1 unspecified atom stereocenters. The summed E-state index contributed by atoms with van der Waals surface area (Å²) in [5, 5.41) is 10.6. The molecule has 118 valence electrons. The molecule has 3 heterocycles. The van der Waals surface area contributed by atoms with Crippen LogP contribution in [0.5, 0.6) is 0 Å². The average molecular weight is 345 g/mol. The van der Waals surface area contributed by atoms with Crippen molar-refractivity contribution < 1.29 is 9.50 Å². The van der Waals surface area contributed by atoms with Gasteiger partial charge in [0.1, 0.15) is 11.3 Å². The highest BCUT2D eigenvalue weighted by atomic mass is 35.5. The molecule has 5 nitrogen and oxygen atoms in total. The van der Waals surface area contributed by atoms with Crippen molar-refractivity contribution in [3.8, 4) is 0 Å². The van der Waals surface area contributed by atoms with Crippen molar-refractivity contribution in [3.63, 3.8) is 0 Å². The van der Waals surface area contributed by atoms with Gasteiger partial charge in [-0.25, -0.2) is 14.4 Å². The highest BCUT2D eigenvalue weighted by molar-refractivity contribution is 6.30. The molecule has 0 bridgehead atoms. The second kappa shape index (κ2) is 5.76. The van der Waals surface area contributed by atoms with Gasteiger partial charge in [-0.05, 0) is 30.9 Å². The Morgan fingerprint density at radius 1 is 1.41 bits per heavy atom. The van der Waals surface area contributed by atoms with Crippen LogP contribution in [0, 0.1) is 5.82 Å². The maximum Gasteiger partial charge on any atom is 0.225 e. The molecule has 1 fully saturated rings. The van der Waals surface area contributed by atoms with Crippen molar-refractivity contribution in [2.45, 2.75) is 31.8 Å². The Morgan fingerprint density at radius 2 is 2.18 bits per heavy atom. The molecule has 8 heteroatoms. The van der Waals surface area contributed by atoms with Gasteiger partial charge in [-0.2, -0.15) is 4.98 Å². The molecule has 1 saturated heterocycles. The molecule has 0 spiro atoms. The summed E-state index contributed by atoms with van der Waals surface area (Å²) in [5.41, 5.74) is -0.735. The molecule has 1 aliphatic heterocycles. The minimum Gasteiger partial charge on any atom is -0.388 e. The van der Waals surface area contributed by atoms with Crippen molar-refractivity contribution in [1.82, 2.24) is 15.0 Å². The van der Waals surface area contributed by atoms with Crippen LogP contribution < -0.4 is 4.90 Å². The van der Waals surface area contributed by atoms with Gasteiger partial charge >= 0.3 is 0 Å². The third-order valence-electron chi connectivity index (χ3n) is 4.11. The molecule has 0 radical (unpaired) electrons. The summed E-state index contributed by atoms with van der Waals surface area (Å²) in [5.74, 6) is -0.239. The number of nitrogens with zero attached hydrogens (tertiary/aromatic N) is 4. The Balaban J connectivity index is 2.12. The Kier molecular flexibility index (Phi) is 4.09. The van der Waals surface area contributed by atoms with Crippen LogP contribution in [0.15, 0.2) is 6.20 Å². The lowest BCUT2D eigenvalue weighted by molar-refractivity contribution is 0.0222. The van der Waals surface area contributed by atoms with E-state index in [-0.39, 0.29) is 16.0 Å². The van der Waals surface area contributed by atoms with E-state index in [1.165, 1.54) is 6.20 Å². The molecule has 1 aliphatic rings. The van der Waals surface area contributed by atoms with E-state index in [0.717, 1.165) is 12.8 Å². The zero-order chi connectivity index (χ0) is 15.9. The molecule has 0 aliphatic carbocycles. The van der Waals surface area contributed by atoms with Gasteiger partial charge in [0.15, 0.2) is 11.0 Å². The minimum absolute atomic E-state index is 0.0422. The monoisotopic (exact) mass is 344 g/mol. The van der Waals surface area contributed by atoms with Gasteiger partial charge in [-0.15, -0.1) is 0 Å². The molecule has 0 saturated carbocycles. The van der Waals surface area contributed by atoms with Crippen LogP contribution in [0.2, 0.25) is 10.4 Å². The molecular formula is C14H15Cl2FN4O. The van der Waals surface area contributed by atoms with Gasteiger partial charge in [-0.3, -0.25) is 0 Å². The van der Waals surface area contributed by atoms with Gasteiger partial charge in [-0.1, -0.05) is 18.5 Å². The van der Waals surface area contributed by atoms with Crippen molar-refractivity contribution in [2.75, 3.05) is 18.0 Å². The number of aliphatic hydroxyl groups is 1. The number of hydrogen-bond donors (Lipinski definition) is 1. The smallest absolute Gasteiger partial charge is 0.225 e. The summed E-state index contributed by atoms with van der Waals surface area (Å²) in [4.78, 5) is 13.9. The number of β-amino-alcohol motifs (C(OH)–C–C–N with tert-alkyl or cyclic N) is 1. The van der Waals surface area contributed by atoms with E-state index in [0.29, 0.717) is 30.7 Å². The van der Waals surface area contributed by atoms with E-state index < -0.39 is 11.4 Å². The lowest BCUT2D eigenvalue weighted by Crippen LogP contribution is -2.48. The summed E-state index contributed by atoms with van der Waals surface area (Å²) < 4.78 is 14.1. The Labute approximate surface area is 137 Å². The topological polar surface area (TPSA) is 62.1 Å². The molecule has 0 aromatic carbocycles. The summed E-state index contributed by atoms with van der Waals surface area (Å²) in [6, 6.07) is 0. The van der Waals surface area contributed by atoms with Crippen LogP contribution in [0.1, 0.15) is 26.2 Å². The van der Waals surface area contributed by atoms with E-state index >= 15 is 0 Å². The number of pyridine rings is 1. The first-order valence-corrected chi connectivity index (χ1v) is 7.84. The van der Waals surface area contributed by atoms with Gasteiger partial charge in [0.05, 0.1) is 11.0 Å². The average Bonchev–Trinajstić information content (AvgIpc) is 2.51. The van der Waals surface area contributed by atoms with Crippen molar-refractivity contribution in [3.05, 3.63) is 22.5 Å². The van der Waals surface area contributed by atoms with Gasteiger partial charge < -0.3 is 10.0 Å². The fourth-order valence-corrected chi connectivity index (χ4v) is 3.12. The number of rotatable bonds is 2. The SMILES string of the molecule is CCC1(O)CCCN(c2nc(Cl)nc3c(F)c(Cl)ncc23)C1. The zero-order valence-electron chi connectivity index (χ0n) is 12.0. The fraction of sp³-hybridized carbons (Fsp3) is 0.500. The van der Waals surface area contributed by atoms with Crippen molar-refractivity contribution in [1.29, 1.82) is 0 Å². The number of fused-ring (bicyclic) bond motifs is 1. The molecule has 2 aromatic rings. The van der Waals surface area contributed by atoms with E-state index in [1.54, 1.807) is 0 Å². The Hall–Kier alpha value is -1.24. The van der Waals surface area contributed by atoms with E-state index in [2.05, 4.69) is 15.0 Å². The van der Waals surface area contributed by atoms with Crippen molar-refractivity contribution >= 4 is 39.9 Å². The molecule has 0 amide bonds. The summed E-state index contributed by atoms with van der Waals surface area (Å²) in [7, 11) is 0. The van der Waals surface area contributed by atoms with Gasteiger partial charge in [0, 0.05) is 19.3 Å². The van der Waals surface area contributed by atoms with Crippen LogP contribution in [0.25, 0.3) is 10.9 Å². The maximum absolute atomic E-state index is 14.1. The highest BCUT2D eigenvalue weighted by Crippen LogP contribution is 2.33. The van der Waals surface area contributed by atoms with E-state index in [1.807, 2.05) is 11.8 Å². The van der Waals surface area contributed by atoms with Gasteiger partial charge in [0.25, 0.3) is 0 Å². The third kappa shape index (κ3) is 2.71. The molecular weight excluding hydrogens is 330 g/mol. The van der Waals surface area contributed by atoms with Crippen LogP contribution in [0.3, 0.4) is 0 Å². The van der Waals surface area contributed by atoms with Gasteiger partial charge in [0.2, 0.25) is 5.28 Å². The van der Waals surface area contributed by atoms with Crippen molar-refractivity contribution in [2.24, 2.45) is 0 Å². The number of anilines is 1. The standard InChI is InChI=1S/C14H15Cl2FN4O/c1-2-14(22)4-3-5-21(7-14)12-8-6-18-11(15)9(17)10(8)19-13(16)20-12/h6,22H,2-5,7H2,1H3. The first-order chi connectivity index (χ1) is 10.4. The first-order valence-electron chi connectivity index (χ1n) is 7.08. The number of halogens is 3. The predicted molar refractivity (Wildman–Crippen MR) is 84.0 cm³/mol. The van der Waals surface area contributed by atoms with Crippen LogP contribution >= 0.6 is 23.2 Å². The van der Waals surface area contributed by atoms with Crippen LogP contribution in [-0.2, 0) is 0 Å². The maximum atomic E-state index is 14.1. The normalized spacial score (nSPS) is 22.3. The minimum atomic E-state index is -0.777. The van der Waals surface area contributed by atoms with Crippen LogP contribution in [-0.4, -0.2) is 38.7 Å². The summed E-state index contributed by atoms with van der Waals surface area (Å²) >= 11 is 11.6. The summed E-state index contributed by atoms with van der Waals surface area (Å²) in [6.07, 6.45) is 3.62. The molecule has 3 rings (SSSR count). The van der Waals surface area contributed by atoms with Crippen LogP contribution in [0.4, 0.5) is 10.2 Å². The quantitative estimate of drug-likeness (QED) is 0.669. The molecule has 1 atom stereocenters. The number of aromatic nitrogens is 3. The number of piperidine rings is 1. The lowest BCUT2D eigenvalue weighted by Gasteiger charge is -2.39. The van der Waals surface area contributed by atoms with E-state index in [4.69, 9.17) is 23.2 Å². The summed E-state index contributed by atoms with van der Waals surface area (Å²) in [6.45, 7) is 3.06. The molecule has 22 heavy (non-hydrogen) atoms. The second-order valence-corrected chi connectivity index (χ2v) is 6.24. The third-order valence-corrected chi connectivity index (χ3v) is 4.54. The Morgan fingerprint density at radius 3 is 2.91 bits per heavy atom. The molecule has 1 N–H and O–H groups in total.